The molecular weight excluding hydrogens is 322 g/mol. The van der Waals surface area contributed by atoms with E-state index in [0.717, 1.165) is 26.6 Å². The minimum atomic E-state index is 0.0502. The Morgan fingerprint density at radius 3 is 2.67 bits per heavy atom. The van der Waals surface area contributed by atoms with Gasteiger partial charge < -0.3 is 10.1 Å². The van der Waals surface area contributed by atoms with Gasteiger partial charge in [-0.15, -0.1) is 0 Å². The summed E-state index contributed by atoms with van der Waals surface area (Å²) in [4.78, 5) is 3.26. The van der Waals surface area contributed by atoms with Gasteiger partial charge in [-0.1, -0.05) is 22.9 Å². The van der Waals surface area contributed by atoms with Crippen molar-refractivity contribution in [2.75, 3.05) is 0 Å². The SMILES string of the molecule is CCc1c(Br)[nH]c2cc(CO)c(Br)cc12. The molecule has 2 N–H and O–H groups in total. The molecule has 1 heterocycles. The summed E-state index contributed by atoms with van der Waals surface area (Å²) >= 11 is 6.97. The third-order valence-electron chi connectivity index (χ3n) is 2.54. The van der Waals surface area contributed by atoms with Crippen molar-refractivity contribution in [3.63, 3.8) is 0 Å². The van der Waals surface area contributed by atoms with Crippen LogP contribution in [0.3, 0.4) is 0 Å². The van der Waals surface area contributed by atoms with Crippen LogP contribution in [0.2, 0.25) is 0 Å². The van der Waals surface area contributed by atoms with Gasteiger partial charge in [-0.3, -0.25) is 0 Å². The maximum absolute atomic E-state index is 9.16. The Balaban J connectivity index is 2.75. The van der Waals surface area contributed by atoms with Gasteiger partial charge in [-0.05, 0) is 45.6 Å². The zero-order valence-corrected chi connectivity index (χ0v) is 11.4. The molecule has 0 bridgehead atoms. The highest BCUT2D eigenvalue weighted by Crippen LogP contribution is 2.31. The summed E-state index contributed by atoms with van der Waals surface area (Å²) in [5, 5.41) is 10.4. The van der Waals surface area contributed by atoms with Crippen LogP contribution in [0.25, 0.3) is 10.9 Å². The number of aromatic nitrogens is 1. The van der Waals surface area contributed by atoms with Crippen molar-refractivity contribution in [1.29, 1.82) is 0 Å². The quantitative estimate of drug-likeness (QED) is 0.863. The van der Waals surface area contributed by atoms with Crippen molar-refractivity contribution < 1.29 is 5.11 Å². The van der Waals surface area contributed by atoms with Gasteiger partial charge in [0.2, 0.25) is 0 Å². The van der Waals surface area contributed by atoms with Crippen LogP contribution >= 0.6 is 31.9 Å². The summed E-state index contributed by atoms with van der Waals surface area (Å²) in [6.45, 7) is 2.18. The molecule has 2 nitrogen and oxygen atoms in total. The maximum Gasteiger partial charge on any atom is 0.0863 e. The molecule has 0 spiro atoms. The molecule has 15 heavy (non-hydrogen) atoms. The number of hydrogen-bond acceptors (Lipinski definition) is 1. The number of aliphatic hydroxyl groups excluding tert-OH is 1. The standard InChI is InChI=1S/C11H11Br2NO/c1-2-7-8-4-9(12)6(5-15)3-10(8)14-11(7)13/h3-4,14-15H,2,5H2,1H3. The molecule has 1 aromatic heterocycles. The first-order chi connectivity index (χ1) is 7.17. The second-order valence-electron chi connectivity index (χ2n) is 3.42. The largest absolute Gasteiger partial charge is 0.392 e. The third-order valence-corrected chi connectivity index (χ3v) is 3.96. The summed E-state index contributed by atoms with van der Waals surface area (Å²) in [7, 11) is 0. The number of aliphatic hydroxyl groups is 1. The van der Waals surface area contributed by atoms with Crippen molar-refractivity contribution in [1.82, 2.24) is 4.98 Å². The highest BCUT2D eigenvalue weighted by Gasteiger charge is 2.10. The number of aryl methyl sites for hydroxylation is 1. The van der Waals surface area contributed by atoms with Crippen LogP contribution in [0.1, 0.15) is 18.1 Å². The Morgan fingerprint density at radius 2 is 2.07 bits per heavy atom. The van der Waals surface area contributed by atoms with Crippen LogP contribution in [-0.2, 0) is 13.0 Å². The molecule has 0 radical (unpaired) electrons. The molecule has 0 saturated heterocycles. The highest BCUT2D eigenvalue weighted by molar-refractivity contribution is 9.10. The van der Waals surface area contributed by atoms with Gasteiger partial charge in [0.25, 0.3) is 0 Å². The van der Waals surface area contributed by atoms with Crippen molar-refractivity contribution in [2.24, 2.45) is 0 Å². The lowest BCUT2D eigenvalue weighted by Gasteiger charge is -2.01. The van der Waals surface area contributed by atoms with Gasteiger partial charge in [0, 0.05) is 15.4 Å². The average molecular weight is 333 g/mol. The first kappa shape index (κ1) is 11.2. The van der Waals surface area contributed by atoms with E-state index in [1.54, 1.807) is 0 Å². The van der Waals surface area contributed by atoms with E-state index in [-0.39, 0.29) is 6.61 Å². The topological polar surface area (TPSA) is 36.0 Å². The van der Waals surface area contributed by atoms with Crippen LogP contribution in [-0.4, -0.2) is 10.1 Å². The Bertz CT molecular complexity index is 505. The normalized spacial score (nSPS) is 11.2. The monoisotopic (exact) mass is 331 g/mol. The number of aromatic amines is 1. The molecule has 0 aliphatic heterocycles. The molecule has 0 aliphatic rings. The smallest absolute Gasteiger partial charge is 0.0863 e. The zero-order valence-electron chi connectivity index (χ0n) is 8.27. The molecule has 0 unspecified atom stereocenters. The molecule has 0 amide bonds. The second-order valence-corrected chi connectivity index (χ2v) is 5.07. The van der Waals surface area contributed by atoms with Crippen molar-refractivity contribution in [2.45, 2.75) is 20.0 Å². The number of rotatable bonds is 2. The van der Waals surface area contributed by atoms with E-state index >= 15 is 0 Å². The molecule has 0 fully saturated rings. The van der Waals surface area contributed by atoms with Crippen molar-refractivity contribution in [3.05, 3.63) is 32.3 Å². The molecule has 2 rings (SSSR count). The molecule has 4 heteroatoms. The molecular formula is C11H11Br2NO. The van der Waals surface area contributed by atoms with E-state index in [0.29, 0.717) is 0 Å². The number of H-pyrrole nitrogens is 1. The van der Waals surface area contributed by atoms with Crippen LogP contribution < -0.4 is 0 Å². The van der Waals surface area contributed by atoms with E-state index in [9.17, 15) is 0 Å². The molecule has 0 saturated carbocycles. The second kappa shape index (κ2) is 4.28. The summed E-state index contributed by atoms with van der Waals surface area (Å²) in [6, 6.07) is 4.03. The number of benzene rings is 1. The summed E-state index contributed by atoms with van der Waals surface area (Å²) in [5.74, 6) is 0. The molecule has 0 aliphatic carbocycles. The molecule has 2 aromatic rings. The number of fused-ring (bicyclic) bond motifs is 1. The first-order valence-electron chi connectivity index (χ1n) is 4.76. The number of halogens is 2. The molecule has 0 atom stereocenters. The van der Waals surface area contributed by atoms with Crippen LogP contribution in [0, 0.1) is 0 Å². The van der Waals surface area contributed by atoms with E-state index in [2.05, 4.69) is 49.8 Å². The van der Waals surface area contributed by atoms with Crippen LogP contribution in [0.4, 0.5) is 0 Å². The summed E-state index contributed by atoms with van der Waals surface area (Å²) in [5.41, 5.74) is 3.24. The number of hydrogen-bond donors (Lipinski definition) is 2. The lowest BCUT2D eigenvalue weighted by atomic mass is 10.1. The average Bonchev–Trinajstić information content (AvgIpc) is 2.51. The van der Waals surface area contributed by atoms with Gasteiger partial charge in [0.15, 0.2) is 0 Å². The Labute approximate surface area is 105 Å². The Kier molecular flexibility index (Phi) is 3.19. The zero-order chi connectivity index (χ0) is 11.0. The fourth-order valence-electron chi connectivity index (χ4n) is 1.75. The molecule has 80 valence electrons. The maximum atomic E-state index is 9.16. The lowest BCUT2D eigenvalue weighted by Crippen LogP contribution is -1.85. The summed E-state index contributed by atoms with van der Waals surface area (Å²) < 4.78 is 1.99. The third kappa shape index (κ3) is 1.86. The van der Waals surface area contributed by atoms with Crippen LogP contribution in [0.15, 0.2) is 21.2 Å². The van der Waals surface area contributed by atoms with E-state index in [4.69, 9.17) is 5.11 Å². The van der Waals surface area contributed by atoms with Crippen LogP contribution in [0.5, 0.6) is 0 Å². The lowest BCUT2D eigenvalue weighted by molar-refractivity contribution is 0.281. The minimum Gasteiger partial charge on any atom is -0.392 e. The Morgan fingerprint density at radius 1 is 1.33 bits per heavy atom. The van der Waals surface area contributed by atoms with Gasteiger partial charge in [0.05, 0.1) is 11.2 Å². The van der Waals surface area contributed by atoms with Gasteiger partial charge in [-0.25, -0.2) is 0 Å². The van der Waals surface area contributed by atoms with Crippen molar-refractivity contribution >= 4 is 42.8 Å². The van der Waals surface area contributed by atoms with Gasteiger partial charge in [-0.2, -0.15) is 0 Å². The number of nitrogens with one attached hydrogen (secondary N) is 1. The van der Waals surface area contributed by atoms with Gasteiger partial charge >= 0.3 is 0 Å². The van der Waals surface area contributed by atoms with E-state index in [1.807, 2.05) is 6.07 Å². The Hall–Kier alpha value is -0.320. The predicted molar refractivity (Wildman–Crippen MR) is 69.0 cm³/mol. The van der Waals surface area contributed by atoms with Crippen molar-refractivity contribution in [3.8, 4) is 0 Å². The van der Waals surface area contributed by atoms with E-state index in [1.165, 1.54) is 10.9 Å². The molecule has 1 aromatic carbocycles. The highest BCUT2D eigenvalue weighted by atomic mass is 79.9. The predicted octanol–water partition coefficient (Wildman–Crippen LogP) is 3.75. The first-order valence-corrected chi connectivity index (χ1v) is 6.35. The van der Waals surface area contributed by atoms with Gasteiger partial charge in [0.1, 0.15) is 0 Å². The minimum absolute atomic E-state index is 0.0502. The fourth-order valence-corrected chi connectivity index (χ4v) is 2.93. The summed E-state index contributed by atoms with van der Waals surface area (Å²) in [6.07, 6.45) is 0.978. The van der Waals surface area contributed by atoms with E-state index < -0.39 is 0 Å². The fraction of sp³-hybridized carbons (Fsp3) is 0.273.